The number of amides is 6. The van der Waals surface area contributed by atoms with Gasteiger partial charge in [-0.25, -0.2) is 22.8 Å². The number of carbonyl (C=O) groups excluding carboxylic acids is 4. The minimum Gasteiger partial charge on any atom is -0.497 e. The standard InChI is InChI=1S/C41H41BrClF3N6O7/c1-57-27-12-13-29(31(44)15-27)36(59-3)14-22-20-47-37(53)18-34(22)49-40(55)52(26-10-6-24(43)7-11-26)51(25-8-4-23(42)5-9-25)41(56)50-35-19-38(54)48-21-30(35)39-32(45)16-28(58-2)17-33(39)46/h4-13,15-17,22,30,34-36H,14,18-21H2,1-3H3,(H,47,53)(H,48,54)(H,49,55)(H,50,56)/t22?,30?,34?,35?,36-/m0/s1. The predicted octanol–water partition coefficient (Wildman–Crippen LogP) is 7.14. The van der Waals surface area contributed by atoms with Crippen LogP contribution < -0.4 is 40.8 Å². The number of halogens is 5. The lowest BCUT2D eigenvalue weighted by molar-refractivity contribution is -0.124. The predicted molar refractivity (Wildman–Crippen MR) is 217 cm³/mol. The van der Waals surface area contributed by atoms with Crippen molar-refractivity contribution in [2.45, 2.75) is 43.4 Å². The van der Waals surface area contributed by atoms with Crippen LogP contribution in [0.15, 0.2) is 83.3 Å². The molecule has 2 aliphatic heterocycles. The summed E-state index contributed by atoms with van der Waals surface area (Å²) < 4.78 is 62.7. The summed E-state index contributed by atoms with van der Waals surface area (Å²) in [6.45, 7) is -0.0967. The second-order valence-corrected chi connectivity index (χ2v) is 15.3. The molecule has 2 fully saturated rings. The zero-order chi connectivity index (χ0) is 42.4. The van der Waals surface area contributed by atoms with Gasteiger partial charge in [-0.15, -0.1) is 0 Å². The molecule has 4 unspecified atom stereocenters. The Morgan fingerprint density at radius 1 is 0.763 bits per heavy atom. The van der Waals surface area contributed by atoms with E-state index in [-0.39, 0.29) is 66.5 Å². The van der Waals surface area contributed by atoms with E-state index in [1.54, 1.807) is 36.4 Å². The van der Waals surface area contributed by atoms with E-state index >= 15 is 13.2 Å². The minimum atomic E-state index is -1.16. The molecule has 0 bridgehead atoms. The first-order chi connectivity index (χ1) is 28.3. The Hall–Kier alpha value is -5.52. The lowest BCUT2D eigenvalue weighted by Gasteiger charge is -2.40. The van der Waals surface area contributed by atoms with Gasteiger partial charge in [-0.2, -0.15) is 10.0 Å². The highest BCUT2D eigenvalue weighted by Gasteiger charge is 2.40. The first kappa shape index (κ1) is 43.1. The SMILES string of the molecule is COc1ccc([C@H](CC2CNC(=O)CC2NC(=O)N(c2ccc(Cl)cc2)N(C(=O)NC2CC(=O)NCC2c2c(F)cc(OC)cc2F)c2ccc(Br)cc2)OC)c(F)c1. The fourth-order valence-corrected chi connectivity index (χ4v) is 7.67. The third kappa shape index (κ3) is 10.0. The molecule has 312 valence electrons. The number of nitrogens with one attached hydrogen (secondary N) is 4. The Balaban J connectivity index is 1.36. The molecule has 13 nitrogen and oxygen atoms in total. The molecule has 4 aromatic carbocycles. The number of anilines is 2. The molecule has 4 aromatic rings. The van der Waals surface area contributed by atoms with E-state index < -0.39 is 65.4 Å². The van der Waals surface area contributed by atoms with Crippen LogP contribution in [-0.2, 0) is 14.3 Å². The highest BCUT2D eigenvalue weighted by Crippen LogP contribution is 2.35. The van der Waals surface area contributed by atoms with Gasteiger partial charge in [-0.3, -0.25) is 9.59 Å². The smallest absolute Gasteiger partial charge is 0.341 e. The molecule has 0 saturated carbocycles. The molecule has 0 radical (unpaired) electrons. The Labute approximate surface area is 351 Å². The van der Waals surface area contributed by atoms with Crippen molar-refractivity contribution in [3.05, 3.63) is 117 Å². The van der Waals surface area contributed by atoms with Gasteiger partial charge in [0.2, 0.25) is 11.8 Å². The summed E-state index contributed by atoms with van der Waals surface area (Å²) >= 11 is 9.65. The number of carbonyl (C=O) groups is 4. The van der Waals surface area contributed by atoms with E-state index in [0.29, 0.717) is 15.2 Å². The van der Waals surface area contributed by atoms with Crippen LogP contribution in [-0.4, -0.2) is 70.4 Å². The summed E-state index contributed by atoms with van der Waals surface area (Å²) in [5, 5.41) is 13.5. The maximum absolute atomic E-state index is 15.5. The van der Waals surface area contributed by atoms with E-state index in [1.807, 2.05) is 0 Å². The van der Waals surface area contributed by atoms with Crippen LogP contribution in [0.25, 0.3) is 0 Å². The summed E-state index contributed by atoms with van der Waals surface area (Å²) in [5.41, 5.74) is 0.202. The Bertz CT molecular complexity index is 2160. The Morgan fingerprint density at radius 2 is 1.29 bits per heavy atom. The molecule has 2 saturated heterocycles. The van der Waals surface area contributed by atoms with Gasteiger partial charge in [0.05, 0.1) is 31.7 Å². The normalized spacial score (nSPS) is 19.5. The Morgan fingerprint density at radius 3 is 1.85 bits per heavy atom. The van der Waals surface area contributed by atoms with Crippen LogP contribution in [0.1, 0.15) is 42.4 Å². The Kier molecular flexibility index (Phi) is 13.9. The van der Waals surface area contributed by atoms with Crippen LogP contribution >= 0.6 is 27.5 Å². The summed E-state index contributed by atoms with van der Waals surface area (Å²) in [6.07, 6.45) is -1.11. The van der Waals surface area contributed by atoms with Gasteiger partial charge in [-0.05, 0) is 73.0 Å². The van der Waals surface area contributed by atoms with E-state index in [2.05, 4.69) is 37.2 Å². The number of benzene rings is 4. The average molecular weight is 902 g/mol. The van der Waals surface area contributed by atoms with Gasteiger partial charge >= 0.3 is 12.1 Å². The first-order valence-corrected chi connectivity index (χ1v) is 19.6. The number of hydrazine groups is 1. The fraction of sp³-hybridized carbons (Fsp3) is 0.317. The van der Waals surface area contributed by atoms with Gasteiger partial charge in [0.15, 0.2) is 0 Å². The quantitative estimate of drug-likeness (QED) is 0.117. The highest BCUT2D eigenvalue weighted by molar-refractivity contribution is 9.10. The molecule has 0 aromatic heterocycles. The number of piperidine rings is 2. The fourth-order valence-electron chi connectivity index (χ4n) is 7.28. The zero-order valence-electron chi connectivity index (χ0n) is 32.1. The van der Waals surface area contributed by atoms with Crippen molar-refractivity contribution in [1.29, 1.82) is 0 Å². The van der Waals surface area contributed by atoms with Gasteiger partial charge in [0, 0.05) is 89.9 Å². The monoisotopic (exact) mass is 900 g/mol. The lowest BCUT2D eigenvalue weighted by Crippen LogP contribution is -2.62. The van der Waals surface area contributed by atoms with Crippen molar-refractivity contribution < 1.29 is 46.6 Å². The molecular formula is C41H41BrClF3N6O7. The third-order valence-corrected chi connectivity index (χ3v) is 11.1. The topological polar surface area (TPSA) is 151 Å². The molecule has 0 aliphatic carbocycles. The van der Waals surface area contributed by atoms with Gasteiger partial charge in [0.25, 0.3) is 0 Å². The summed E-state index contributed by atoms with van der Waals surface area (Å²) in [5.74, 6) is -4.56. The van der Waals surface area contributed by atoms with Gasteiger partial charge < -0.3 is 35.5 Å². The molecule has 4 N–H and O–H groups in total. The number of hydrogen-bond donors (Lipinski definition) is 4. The van der Waals surface area contributed by atoms with Crippen molar-refractivity contribution in [2.75, 3.05) is 44.4 Å². The molecule has 2 aliphatic rings. The van der Waals surface area contributed by atoms with E-state index in [4.69, 9.17) is 25.8 Å². The average Bonchev–Trinajstić information content (AvgIpc) is 3.21. The van der Waals surface area contributed by atoms with E-state index in [9.17, 15) is 19.2 Å². The van der Waals surface area contributed by atoms with Crippen LogP contribution in [0, 0.1) is 23.4 Å². The van der Waals surface area contributed by atoms with E-state index in [1.165, 1.54) is 51.7 Å². The lowest BCUT2D eigenvalue weighted by atomic mass is 9.86. The highest BCUT2D eigenvalue weighted by atomic mass is 79.9. The van der Waals surface area contributed by atoms with Crippen LogP contribution in [0.5, 0.6) is 11.5 Å². The first-order valence-electron chi connectivity index (χ1n) is 18.4. The second kappa shape index (κ2) is 19.0. The minimum absolute atomic E-state index is 0.0569. The van der Waals surface area contributed by atoms with Gasteiger partial charge in [-0.1, -0.05) is 27.5 Å². The van der Waals surface area contributed by atoms with Crippen molar-refractivity contribution in [3.8, 4) is 11.5 Å². The second-order valence-electron chi connectivity index (χ2n) is 13.9. The number of urea groups is 2. The molecule has 5 atom stereocenters. The molecule has 0 spiro atoms. The number of hydrogen-bond acceptors (Lipinski definition) is 7. The maximum Gasteiger partial charge on any atom is 0.341 e. The van der Waals surface area contributed by atoms with Crippen LogP contribution in [0.4, 0.5) is 34.1 Å². The number of ether oxygens (including phenoxy) is 3. The number of rotatable bonds is 11. The zero-order valence-corrected chi connectivity index (χ0v) is 34.4. The van der Waals surface area contributed by atoms with Crippen molar-refractivity contribution >= 4 is 62.8 Å². The molecule has 2 heterocycles. The number of nitrogens with zero attached hydrogens (tertiary/aromatic N) is 2. The van der Waals surface area contributed by atoms with Crippen LogP contribution in [0.3, 0.4) is 0 Å². The maximum atomic E-state index is 15.5. The number of methoxy groups -OCH3 is 3. The summed E-state index contributed by atoms with van der Waals surface area (Å²) in [6, 6.07) is 15.0. The van der Waals surface area contributed by atoms with E-state index in [0.717, 1.165) is 22.2 Å². The summed E-state index contributed by atoms with van der Waals surface area (Å²) in [4.78, 5) is 55.1. The molecular weight excluding hydrogens is 861 g/mol. The largest absolute Gasteiger partial charge is 0.497 e. The molecule has 6 amide bonds. The van der Waals surface area contributed by atoms with Gasteiger partial charge in [0.1, 0.15) is 29.0 Å². The van der Waals surface area contributed by atoms with Crippen molar-refractivity contribution in [1.82, 2.24) is 21.3 Å². The van der Waals surface area contributed by atoms with Crippen molar-refractivity contribution in [2.24, 2.45) is 5.92 Å². The van der Waals surface area contributed by atoms with Crippen molar-refractivity contribution in [3.63, 3.8) is 0 Å². The van der Waals surface area contributed by atoms with Crippen LogP contribution in [0.2, 0.25) is 5.02 Å². The molecule has 18 heteroatoms. The molecule has 59 heavy (non-hydrogen) atoms. The summed E-state index contributed by atoms with van der Waals surface area (Å²) in [7, 11) is 4.11. The molecule has 6 rings (SSSR count). The third-order valence-electron chi connectivity index (χ3n) is 10.3.